The lowest BCUT2D eigenvalue weighted by molar-refractivity contribution is -0.0529. The van der Waals surface area contributed by atoms with E-state index in [0.29, 0.717) is 17.8 Å². The molecule has 0 unspecified atom stereocenters. The van der Waals surface area contributed by atoms with Crippen LogP contribution in [-0.2, 0) is 0 Å². The summed E-state index contributed by atoms with van der Waals surface area (Å²) < 4.78 is 56.8. The number of likely N-dealkylation sites (N-methyl/N-ethyl adjacent to an activating group) is 1. The van der Waals surface area contributed by atoms with Crippen LogP contribution in [0.15, 0.2) is 30.1 Å². The van der Waals surface area contributed by atoms with E-state index in [4.69, 9.17) is 0 Å². The Hall–Kier alpha value is -3.57. The van der Waals surface area contributed by atoms with E-state index in [9.17, 15) is 22.4 Å². The lowest BCUT2D eigenvalue weighted by atomic mass is 10.2. The van der Waals surface area contributed by atoms with Crippen LogP contribution in [0.2, 0.25) is 0 Å². The fourth-order valence-electron chi connectivity index (χ4n) is 3.22. The number of aromatic nitrogens is 5. The summed E-state index contributed by atoms with van der Waals surface area (Å²) in [6.45, 7) is -1.50. The number of carbonyl (C=O) groups excluding carboxylic acids is 1. The quantitative estimate of drug-likeness (QED) is 0.552. The zero-order chi connectivity index (χ0) is 22.3. The van der Waals surface area contributed by atoms with Crippen LogP contribution in [0.3, 0.4) is 0 Å². The lowest BCUT2D eigenvalue weighted by Gasteiger charge is -2.17. The summed E-state index contributed by atoms with van der Waals surface area (Å²) in [5.41, 5.74) is 1.26. The zero-order valence-electron chi connectivity index (χ0n) is 16.3. The van der Waals surface area contributed by atoms with Crippen LogP contribution in [0, 0.1) is 6.92 Å². The van der Waals surface area contributed by atoms with Crippen LogP contribution in [0.4, 0.5) is 17.6 Å². The third kappa shape index (κ3) is 4.32. The van der Waals surface area contributed by atoms with E-state index in [0.717, 1.165) is 11.6 Å². The average Bonchev–Trinajstić information content (AvgIpc) is 3.28. The summed E-state index contributed by atoms with van der Waals surface area (Å²) in [4.78, 5) is 25.7. The lowest BCUT2D eigenvalue weighted by Crippen LogP contribution is -2.29. The molecule has 0 saturated heterocycles. The molecule has 1 aliphatic rings. The Morgan fingerprint density at radius 2 is 2.03 bits per heavy atom. The number of aryl methyl sites for hydroxylation is 1. The average molecular weight is 436 g/mol. The number of alkyl halides is 4. The normalized spacial score (nSPS) is 17.0. The maximum Gasteiger partial charge on any atom is 0.388 e. The number of nitrogens with zero attached hydrogens (tertiary/aromatic N) is 6. The Morgan fingerprint density at radius 1 is 1.26 bits per heavy atom. The van der Waals surface area contributed by atoms with Crippen molar-refractivity contribution in [3.63, 3.8) is 0 Å². The van der Waals surface area contributed by atoms with Gasteiger partial charge in [0.2, 0.25) is 5.88 Å². The highest BCUT2D eigenvalue weighted by Gasteiger charge is 2.37. The second-order valence-corrected chi connectivity index (χ2v) is 6.95. The van der Waals surface area contributed by atoms with Gasteiger partial charge in [-0.1, -0.05) is 0 Å². The predicted octanol–water partition coefficient (Wildman–Crippen LogP) is 3.29. The van der Waals surface area contributed by atoms with E-state index in [-0.39, 0.29) is 23.3 Å². The molecule has 0 N–H and O–H groups in total. The molecule has 1 saturated carbocycles. The maximum absolute atomic E-state index is 13.1. The van der Waals surface area contributed by atoms with Crippen LogP contribution < -0.4 is 4.74 Å². The molecule has 1 aliphatic carbocycles. The van der Waals surface area contributed by atoms with Gasteiger partial charge in [0.05, 0.1) is 11.7 Å². The first-order valence-electron chi connectivity index (χ1n) is 9.13. The largest absolute Gasteiger partial charge is 0.417 e. The van der Waals surface area contributed by atoms with E-state index in [1.807, 2.05) is 0 Å². The zero-order valence-corrected chi connectivity index (χ0v) is 16.3. The molecule has 8 nitrogen and oxygen atoms in total. The number of carbonyl (C=O) groups is 1. The number of ether oxygens (including phenoxy) is 1. The molecule has 12 heteroatoms. The summed E-state index contributed by atoms with van der Waals surface area (Å²) in [6, 6.07) is 3.57. The number of pyridine rings is 1. The molecule has 1 amide bonds. The van der Waals surface area contributed by atoms with Crippen molar-refractivity contribution in [2.24, 2.45) is 0 Å². The Labute approximate surface area is 173 Å². The van der Waals surface area contributed by atoms with Crippen molar-refractivity contribution < 1.29 is 27.1 Å². The summed E-state index contributed by atoms with van der Waals surface area (Å²) in [6.07, 6.45) is 0.629. The molecule has 3 aromatic heterocycles. The number of rotatable bonds is 6. The molecule has 1 atom stereocenters. The third-order valence-electron chi connectivity index (χ3n) is 4.73. The fraction of sp³-hybridized carbons (Fsp3) is 0.316. The molecule has 31 heavy (non-hydrogen) atoms. The number of hydrogen-bond acceptors (Lipinski definition) is 6. The molecular formula is C19H16F4N6O2. The van der Waals surface area contributed by atoms with Crippen molar-refractivity contribution in [3.8, 4) is 5.88 Å². The van der Waals surface area contributed by atoms with Gasteiger partial charge in [-0.3, -0.25) is 4.79 Å². The van der Waals surface area contributed by atoms with Gasteiger partial charge in [-0.15, -0.1) is 0 Å². The second kappa shape index (κ2) is 7.93. The van der Waals surface area contributed by atoms with Gasteiger partial charge in [0.15, 0.2) is 0 Å². The summed E-state index contributed by atoms with van der Waals surface area (Å²) in [5, 5.41) is 3.99. The highest BCUT2D eigenvalue weighted by atomic mass is 19.3. The number of hydrogen-bond donors (Lipinski definition) is 0. The van der Waals surface area contributed by atoms with Crippen molar-refractivity contribution in [2.45, 2.75) is 32.4 Å². The minimum atomic E-state index is -3.06. The van der Waals surface area contributed by atoms with E-state index < -0.39 is 24.6 Å². The molecule has 0 radical (unpaired) electrons. The maximum atomic E-state index is 13.1. The van der Waals surface area contributed by atoms with Crippen molar-refractivity contribution in [2.75, 3.05) is 7.05 Å². The van der Waals surface area contributed by atoms with Crippen LogP contribution >= 0.6 is 0 Å². The molecular weight excluding hydrogens is 420 g/mol. The van der Waals surface area contributed by atoms with Gasteiger partial charge in [-0.2, -0.15) is 23.4 Å². The van der Waals surface area contributed by atoms with E-state index in [1.165, 1.54) is 27.9 Å². The van der Waals surface area contributed by atoms with Gasteiger partial charge < -0.3 is 9.64 Å². The highest BCUT2D eigenvalue weighted by Crippen LogP contribution is 2.37. The van der Waals surface area contributed by atoms with E-state index in [2.05, 4.69) is 24.8 Å². The minimum absolute atomic E-state index is 0.0464. The molecule has 0 bridgehead atoms. The molecule has 0 spiro atoms. The van der Waals surface area contributed by atoms with Crippen molar-refractivity contribution in [1.82, 2.24) is 29.5 Å². The Morgan fingerprint density at radius 3 is 2.74 bits per heavy atom. The topological polar surface area (TPSA) is 85.5 Å². The Kier molecular flexibility index (Phi) is 5.29. The van der Waals surface area contributed by atoms with Crippen LogP contribution in [0.5, 0.6) is 5.88 Å². The molecule has 4 rings (SSSR count). The number of fused-ring (bicyclic) bond motifs is 1. The van der Waals surface area contributed by atoms with Crippen molar-refractivity contribution in [1.29, 1.82) is 0 Å². The van der Waals surface area contributed by atoms with Gasteiger partial charge >= 0.3 is 6.61 Å². The van der Waals surface area contributed by atoms with E-state index in [1.54, 1.807) is 20.0 Å². The SMILES string of the molecule is Cc1cc(C(=O)N(C)[C@H]2C/C2=C/c2cc(C(F)F)nc3ncnn23)cc(OC(F)F)n1. The Balaban J connectivity index is 1.56. The first kappa shape index (κ1) is 20.7. The van der Waals surface area contributed by atoms with Crippen LogP contribution in [0.1, 0.15) is 40.3 Å². The summed E-state index contributed by atoms with van der Waals surface area (Å²) >= 11 is 0. The third-order valence-corrected chi connectivity index (χ3v) is 4.73. The monoisotopic (exact) mass is 436 g/mol. The van der Waals surface area contributed by atoms with Crippen molar-refractivity contribution >= 4 is 17.8 Å². The molecule has 0 aromatic carbocycles. The van der Waals surface area contributed by atoms with E-state index >= 15 is 0 Å². The molecule has 3 aromatic rings. The minimum Gasteiger partial charge on any atom is -0.417 e. The molecule has 162 valence electrons. The van der Waals surface area contributed by atoms with Crippen LogP contribution in [0.25, 0.3) is 11.9 Å². The first-order valence-corrected chi connectivity index (χ1v) is 9.13. The summed E-state index contributed by atoms with van der Waals surface area (Å²) in [7, 11) is 1.57. The molecule has 1 fully saturated rings. The predicted molar refractivity (Wildman–Crippen MR) is 99.8 cm³/mol. The highest BCUT2D eigenvalue weighted by molar-refractivity contribution is 5.95. The summed E-state index contributed by atoms with van der Waals surface area (Å²) in [5.74, 6) is -0.708. The van der Waals surface area contributed by atoms with Crippen molar-refractivity contribution in [3.05, 3.63) is 52.7 Å². The van der Waals surface area contributed by atoms with Gasteiger partial charge in [0.25, 0.3) is 18.1 Å². The second-order valence-electron chi connectivity index (χ2n) is 6.95. The standard InChI is InChI=1S/C19H16F4N6O2/c1-9-3-11(6-15(26-9)31-18(22)23)17(30)28(2)14-5-10(14)4-12-7-13(16(20)21)27-19-24-8-25-29(12)19/h3-4,6-8,14,16,18H,5H2,1-2H3/b10-4-/t14-/m0/s1. The van der Waals surface area contributed by atoms with Crippen LogP contribution in [-0.4, -0.2) is 55.1 Å². The number of amides is 1. The molecule has 0 aliphatic heterocycles. The Bertz CT molecular complexity index is 1180. The van der Waals surface area contributed by atoms with Gasteiger partial charge in [-0.05, 0) is 37.1 Å². The smallest absolute Gasteiger partial charge is 0.388 e. The molecule has 3 heterocycles. The van der Waals surface area contributed by atoms with Gasteiger partial charge in [0.1, 0.15) is 12.0 Å². The first-order chi connectivity index (χ1) is 14.7. The van der Waals surface area contributed by atoms with Gasteiger partial charge in [-0.25, -0.2) is 18.7 Å². The fourth-order valence-corrected chi connectivity index (χ4v) is 3.22. The van der Waals surface area contributed by atoms with Gasteiger partial charge in [0, 0.05) is 24.4 Å². The number of halogens is 4.